The summed E-state index contributed by atoms with van der Waals surface area (Å²) in [6.07, 6.45) is 5.34. The maximum absolute atomic E-state index is 12.5. The van der Waals surface area contributed by atoms with E-state index in [-0.39, 0.29) is 5.91 Å². The van der Waals surface area contributed by atoms with Crippen molar-refractivity contribution in [1.82, 2.24) is 9.80 Å². The third kappa shape index (κ3) is 3.16. The first-order valence-electron chi connectivity index (χ1n) is 7.73. The van der Waals surface area contributed by atoms with Gasteiger partial charge in [-0.15, -0.1) is 0 Å². The van der Waals surface area contributed by atoms with Crippen LogP contribution in [-0.4, -0.2) is 47.9 Å². The highest BCUT2D eigenvalue weighted by Gasteiger charge is 2.28. The fourth-order valence-electron chi connectivity index (χ4n) is 3.43. The highest BCUT2D eigenvalue weighted by Crippen LogP contribution is 2.25. The van der Waals surface area contributed by atoms with Crippen molar-refractivity contribution in [1.29, 1.82) is 0 Å². The smallest absolute Gasteiger partial charge is 0.255 e. The number of carbonyl (C=O) groups excluding carboxylic acids is 1. The molecule has 1 saturated heterocycles. The van der Waals surface area contributed by atoms with Crippen LogP contribution in [0.2, 0.25) is 5.02 Å². The lowest BCUT2D eigenvalue weighted by atomic mass is 10.1. The van der Waals surface area contributed by atoms with Crippen LogP contribution in [-0.2, 0) is 0 Å². The van der Waals surface area contributed by atoms with E-state index in [1.54, 1.807) is 18.2 Å². The SMILES string of the molecule is Nc1ccc(C(=O)N2CCN(C3CCCC3)CC2)c(Cl)c1. The van der Waals surface area contributed by atoms with Gasteiger partial charge < -0.3 is 10.6 Å². The van der Waals surface area contributed by atoms with Crippen LogP contribution in [0.3, 0.4) is 0 Å². The number of benzene rings is 1. The largest absolute Gasteiger partial charge is 0.399 e. The van der Waals surface area contributed by atoms with Crippen molar-refractivity contribution >= 4 is 23.2 Å². The molecule has 1 aliphatic heterocycles. The van der Waals surface area contributed by atoms with Gasteiger partial charge >= 0.3 is 0 Å². The summed E-state index contributed by atoms with van der Waals surface area (Å²) >= 11 is 6.14. The van der Waals surface area contributed by atoms with Gasteiger partial charge in [-0.2, -0.15) is 0 Å². The molecule has 21 heavy (non-hydrogen) atoms. The molecule has 1 aromatic rings. The summed E-state index contributed by atoms with van der Waals surface area (Å²) in [5.41, 5.74) is 6.82. The second-order valence-electron chi connectivity index (χ2n) is 6.01. The molecule has 0 aromatic heterocycles. The molecule has 1 heterocycles. The minimum Gasteiger partial charge on any atom is -0.399 e. The van der Waals surface area contributed by atoms with Crippen LogP contribution in [0, 0.1) is 0 Å². The normalized spacial score (nSPS) is 20.9. The molecule has 0 bridgehead atoms. The lowest BCUT2D eigenvalue weighted by Gasteiger charge is -2.38. The van der Waals surface area contributed by atoms with E-state index in [1.807, 2.05) is 4.90 Å². The number of anilines is 1. The van der Waals surface area contributed by atoms with E-state index in [1.165, 1.54) is 25.7 Å². The maximum Gasteiger partial charge on any atom is 0.255 e. The van der Waals surface area contributed by atoms with Gasteiger partial charge in [-0.3, -0.25) is 9.69 Å². The van der Waals surface area contributed by atoms with Gasteiger partial charge in [0.05, 0.1) is 10.6 Å². The van der Waals surface area contributed by atoms with E-state index >= 15 is 0 Å². The van der Waals surface area contributed by atoms with Crippen molar-refractivity contribution in [3.63, 3.8) is 0 Å². The second kappa shape index (κ2) is 6.24. The summed E-state index contributed by atoms with van der Waals surface area (Å²) in [6.45, 7) is 3.53. The first kappa shape index (κ1) is 14.7. The summed E-state index contributed by atoms with van der Waals surface area (Å²) in [4.78, 5) is 17.0. The zero-order valence-corrected chi connectivity index (χ0v) is 13.0. The number of rotatable bonds is 2. The van der Waals surface area contributed by atoms with Crippen molar-refractivity contribution < 1.29 is 4.79 Å². The number of nitrogens with zero attached hydrogens (tertiary/aromatic N) is 2. The monoisotopic (exact) mass is 307 g/mol. The summed E-state index contributed by atoms with van der Waals surface area (Å²) in [5.74, 6) is 0.0195. The highest BCUT2D eigenvalue weighted by molar-refractivity contribution is 6.34. The number of hydrogen-bond acceptors (Lipinski definition) is 3. The summed E-state index contributed by atoms with van der Waals surface area (Å²) in [6, 6.07) is 5.84. The Bertz CT molecular complexity index is 520. The number of nitrogens with two attached hydrogens (primary N) is 1. The molecule has 1 amide bonds. The van der Waals surface area contributed by atoms with Crippen molar-refractivity contribution in [2.75, 3.05) is 31.9 Å². The van der Waals surface area contributed by atoms with Crippen LogP contribution in [0.4, 0.5) is 5.69 Å². The fraction of sp³-hybridized carbons (Fsp3) is 0.562. The predicted octanol–water partition coefficient (Wildman–Crippen LogP) is 2.62. The molecule has 1 saturated carbocycles. The van der Waals surface area contributed by atoms with Gasteiger partial charge in [0.1, 0.15) is 0 Å². The lowest BCUT2D eigenvalue weighted by molar-refractivity contribution is 0.0573. The molecule has 2 aliphatic rings. The Morgan fingerprint density at radius 2 is 1.81 bits per heavy atom. The average molecular weight is 308 g/mol. The van der Waals surface area contributed by atoms with Gasteiger partial charge in [-0.25, -0.2) is 0 Å². The average Bonchev–Trinajstić information content (AvgIpc) is 3.01. The Morgan fingerprint density at radius 3 is 2.43 bits per heavy atom. The van der Waals surface area contributed by atoms with Crippen LogP contribution in [0.25, 0.3) is 0 Å². The summed E-state index contributed by atoms with van der Waals surface area (Å²) < 4.78 is 0. The van der Waals surface area contributed by atoms with Gasteiger partial charge in [-0.1, -0.05) is 24.4 Å². The molecular weight excluding hydrogens is 286 g/mol. The van der Waals surface area contributed by atoms with Crippen molar-refractivity contribution in [3.8, 4) is 0 Å². The van der Waals surface area contributed by atoms with Crippen molar-refractivity contribution in [2.45, 2.75) is 31.7 Å². The first-order valence-corrected chi connectivity index (χ1v) is 8.11. The minimum atomic E-state index is 0.0195. The molecule has 114 valence electrons. The van der Waals surface area contributed by atoms with Crippen LogP contribution < -0.4 is 5.73 Å². The second-order valence-corrected chi connectivity index (χ2v) is 6.41. The number of piperazine rings is 1. The topological polar surface area (TPSA) is 49.6 Å². The molecule has 4 nitrogen and oxygen atoms in total. The Labute approximate surface area is 130 Å². The van der Waals surface area contributed by atoms with Gasteiger partial charge in [0, 0.05) is 37.9 Å². The molecular formula is C16H22ClN3O. The van der Waals surface area contributed by atoms with Crippen LogP contribution in [0.15, 0.2) is 18.2 Å². The molecule has 0 spiro atoms. The van der Waals surface area contributed by atoms with Crippen molar-refractivity contribution in [3.05, 3.63) is 28.8 Å². The lowest BCUT2D eigenvalue weighted by Crippen LogP contribution is -2.51. The van der Waals surface area contributed by atoms with Crippen LogP contribution in [0.5, 0.6) is 0 Å². The zero-order valence-electron chi connectivity index (χ0n) is 12.2. The molecule has 0 atom stereocenters. The number of halogens is 1. The summed E-state index contributed by atoms with van der Waals surface area (Å²) in [5, 5.41) is 0.443. The molecule has 2 fully saturated rings. The van der Waals surface area contributed by atoms with E-state index in [9.17, 15) is 4.79 Å². The molecule has 2 N–H and O–H groups in total. The van der Waals surface area contributed by atoms with E-state index in [0.29, 0.717) is 16.3 Å². The maximum atomic E-state index is 12.5. The van der Waals surface area contributed by atoms with Crippen molar-refractivity contribution in [2.24, 2.45) is 0 Å². The van der Waals surface area contributed by atoms with E-state index < -0.39 is 0 Å². The molecule has 0 radical (unpaired) electrons. The van der Waals surface area contributed by atoms with Crippen LogP contribution >= 0.6 is 11.6 Å². The summed E-state index contributed by atoms with van der Waals surface area (Å²) in [7, 11) is 0. The van der Waals surface area contributed by atoms with E-state index in [0.717, 1.165) is 32.2 Å². The quantitative estimate of drug-likeness (QED) is 0.855. The van der Waals surface area contributed by atoms with E-state index in [4.69, 9.17) is 17.3 Å². The van der Waals surface area contributed by atoms with Crippen LogP contribution in [0.1, 0.15) is 36.0 Å². The van der Waals surface area contributed by atoms with Gasteiger partial charge in [-0.05, 0) is 31.0 Å². The molecule has 1 aromatic carbocycles. The van der Waals surface area contributed by atoms with Gasteiger partial charge in [0.25, 0.3) is 5.91 Å². The molecule has 3 rings (SSSR count). The highest BCUT2D eigenvalue weighted by atomic mass is 35.5. The Balaban J connectivity index is 1.62. The predicted molar refractivity (Wildman–Crippen MR) is 85.6 cm³/mol. The molecule has 5 heteroatoms. The first-order chi connectivity index (χ1) is 10.1. The third-order valence-electron chi connectivity index (χ3n) is 4.67. The van der Waals surface area contributed by atoms with Gasteiger partial charge in [0.2, 0.25) is 0 Å². The number of nitrogen functional groups attached to an aromatic ring is 1. The molecule has 0 unspecified atom stereocenters. The number of carbonyl (C=O) groups is 1. The third-order valence-corrected chi connectivity index (χ3v) is 4.98. The standard InChI is InChI=1S/C16H22ClN3O/c17-15-11-12(18)5-6-14(15)16(21)20-9-7-19(8-10-20)13-3-1-2-4-13/h5-6,11,13H,1-4,7-10,18H2. The molecule has 1 aliphatic carbocycles. The Morgan fingerprint density at radius 1 is 1.14 bits per heavy atom. The Hall–Kier alpha value is -1.26. The minimum absolute atomic E-state index is 0.0195. The van der Waals surface area contributed by atoms with Gasteiger partial charge in [0.15, 0.2) is 0 Å². The number of hydrogen-bond donors (Lipinski definition) is 1. The number of amides is 1. The van der Waals surface area contributed by atoms with E-state index in [2.05, 4.69) is 4.90 Å². The fourth-order valence-corrected chi connectivity index (χ4v) is 3.70. The Kier molecular flexibility index (Phi) is 4.36. The zero-order chi connectivity index (χ0) is 14.8.